The minimum absolute atomic E-state index is 0.109. The van der Waals surface area contributed by atoms with Gasteiger partial charge in [0.2, 0.25) is 0 Å². The van der Waals surface area contributed by atoms with Gasteiger partial charge in [-0.2, -0.15) is 0 Å². The molecule has 0 saturated heterocycles. The summed E-state index contributed by atoms with van der Waals surface area (Å²) < 4.78 is 18.2. The highest BCUT2D eigenvalue weighted by Gasteiger charge is 2.07. The standard InChI is InChI=1S/C10H8FNO2/c1-14-9-6-10(13)12(11)8-5-3-2-4-7(8)9/h2-6H,1H3. The fourth-order valence-electron chi connectivity index (χ4n) is 1.39. The molecule has 72 valence electrons. The first-order valence-electron chi connectivity index (χ1n) is 4.09. The number of rotatable bonds is 1. The molecule has 0 saturated carbocycles. The molecule has 0 unspecified atom stereocenters. The zero-order valence-corrected chi connectivity index (χ0v) is 7.53. The molecule has 0 aliphatic heterocycles. The summed E-state index contributed by atoms with van der Waals surface area (Å²) in [6.07, 6.45) is 0. The molecule has 0 aliphatic rings. The van der Waals surface area contributed by atoms with Crippen LogP contribution in [0.15, 0.2) is 35.1 Å². The lowest BCUT2D eigenvalue weighted by molar-refractivity contribution is 0.364. The summed E-state index contributed by atoms with van der Waals surface area (Å²) in [6, 6.07) is 7.78. The number of halogens is 1. The van der Waals surface area contributed by atoms with E-state index in [0.29, 0.717) is 11.1 Å². The molecule has 1 aromatic heterocycles. The highest BCUT2D eigenvalue weighted by Crippen LogP contribution is 2.22. The van der Waals surface area contributed by atoms with E-state index in [9.17, 15) is 9.28 Å². The molecule has 0 amide bonds. The van der Waals surface area contributed by atoms with E-state index in [4.69, 9.17) is 4.74 Å². The summed E-state index contributed by atoms with van der Waals surface area (Å²) in [5, 5.41) is 0.581. The fraction of sp³-hybridized carbons (Fsp3) is 0.100. The number of aromatic nitrogens is 1. The zero-order chi connectivity index (χ0) is 10.1. The van der Waals surface area contributed by atoms with Crippen molar-refractivity contribution in [3.05, 3.63) is 40.7 Å². The molecule has 14 heavy (non-hydrogen) atoms. The van der Waals surface area contributed by atoms with E-state index in [-0.39, 0.29) is 10.3 Å². The maximum atomic E-state index is 13.3. The average molecular weight is 193 g/mol. The minimum Gasteiger partial charge on any atom is -0.496 e. The number of ether oxygens (including phenoxy) is 1. The number of hydrogen-bond donors (Lipinski definition) is 0. The fourth-order valence-corrected chi connectivity index (χ4v) is 1.39. The lowest BCUT2D eigenvalue weighted by Gasteiger charge is -2.05. The first-order chi connectivity index (χ1) is 6.74. The third-order valence-corrected chi connectivity index (χ3v) is 2.05. The second-order valence-electron chi connectivity index (χ2n) is 2.85. The number of fused-ring (bicyclic) bond motifs is 1. The van der Waals surface area contributed by atoms with Crippen LogP contribution in [0, 0.1) is 0 Å². The molecule has 0 atom stereocenters. The summed E-state index contributed by atoms with van der Waals surface area (Å²) in [7, 11) is 1.45. The van der Waals surface area contributed by atoms with Gasteiger partial charge in [-0.25, -0.2) is 0 Å². The van der Waals surface area contributed by atoms with Gasteiger partial charge in [0, 0.05) is 11.5 Å². The normalized spacial score (nSPS) is 10.4. The van der Waals surface area contributed by atoms with Crippen LogP contribution < -0.4 is 10.3 Å². The Balaban J connectivity index is 2.97. The van der Waals surface area contributed by atoms with Crippen molar-refractivity contribution >= 4 is 10.9 Å². The number of benzene rings is 1. The summed E-state index contributed by atoms with van der Waals surface area (Å²) in [6.45, 7) is 0. The highest BCUT2D eigenvalue weighted by molar-refractivity contribution is 5.84. The zero-order valence-electron chi connectivity index (χ0n) is 7.53. The lowest BCUT2D eigenvalue weighted by atomic mass is 10.2. The molecule has 0 spiro atoms. The van der Waals surface area contributed by atoms with E-state index < -0.39 is 5.56 Å². The number of pyridine rings is 1. The van der Waals surface area contributed by atoms with E-state index >= 15 is 0 Å². The first kappa shape index (κ1) is 8.74. The van der Waals surface area contributed by atoms with Crippen LogP contribution in [0.3, 0.4) is 0 Å². The van der Waals surface area contributed by atoms with Gasteiger partial charge < -0.3 is 4.74 Å². The van der Waals surface area contributed by atoms with Gasteiger partial charge in [0.25, 0.3) is 5.56 Å². The van der Waals surface area contributed by atoms with E-state index in [2.05, 4.69) is 0 Å². The van der Waals surface area contributed by atoms with E-state index in [1.807, 2.05) is 0 Å². The second kappa shape index (κ2) is 3.14. The highest BCUT2D eigenvalue weighted by atomic mass is 19.2. The van der Waals surface area contributed by atoms with Gasteiger partial charge in [-0.05, 0) is 12.1 Å². The maximum absolute atomic E-state index is 13.3. The molecule has 0 fully saturated rings. The van der Waals surface area contributed by atoms with Gasteiger partial charge >= 0.3 is 0 Å². The molecule has 3 nitrogen and oxygen atoms in total. The van der Waals surface area contributed by atoms with Crippen molar-refractivity contribution in [1.82, 2.24) is 4.79 Å². The first-order valence-corrected chi connectivity index (χ1v) is 4.09. The summed E-state index contributed by atoms with van der Waals surface area (Å²) >= 11 is 0. The van der Waals surface area contributed by atoms with Crippen LogP contribution in [-0.2, 0) is 0 Å². The van der Waals surface area contributed by atoms with Crippen LogP contribution in [0.25, 0.3) is 10.9 Å². The van der Waals surface area contributed by atoms with Crippen molar-refractivity contribution in [3.8, 4) is 5.75 Å². The van der Waals surface area contributed by atoms with Gasteiger partial charge in [0.15, 0.2) is 0 Å². The molecule has 0 bridgehead atoms. The number of methoxy groups -OCH3 is 1. The van der Waals surface area contributed by atoms with Crippen LogP contribution >= 0.6 is 0 Å². The van der Waals surface area contributed by atoms with Crippen LogP contribution in [0.1, 0.15) is 0 Å². The smallest absolute Gasteiger partial charge is 0.282 e. The van der Waals surface area contributed by atoms with Crippen LogP contribution in [0.5, 0.6) is 5.75 Å². The van der Waals surface area contributed by atoms with Crippen molar-refractivity contribution in [3.63, 3.8) is 0 Å². The predicted molar refractivity (Wildman–Crippen MR) is 51.3 cm³/mol. The number of para-hydroxylation sites is 1. The largest absolute Gasteiger partial charge is 0.496 e. The summed E-state index contributed by atoms with van der Waals surface area (Å²) in [5.41, 5.74) is -0.502. The quantitative estimate of drug-likeness (QED) is 0.690. The third kappa shape index (κ3) is 1.16. The molecule has 1 aromatic carbocycles. The Morgan fingerprint density at radius 1 is 1.36 bits per heavy atom. The van der Waals surface area contributed by atoms with Gasteiger partial charge in [0.1, 0.15) is 5.75 Å². The molecule has 0 aliphatic carbocycles. The third-order valence-electron chi connectivity index (χ3n) is 2.05. The van der Waals surface area contributed by atoms with Crippen molar-refractivity contribution in [2.45, 2.75) is 0 Å². The van der Waals surface area contributed by atoms with Crippen LogP contribution in [0.4, 0.5) is 4.48 Å². The van der Waals surface area contributed by atoms with Crippen molar-refractivity contribution in [2.24, 2.45) is 0 Å². The maximum Gasteiger partial charge on any atom is 0.282 e. The molecule has 0 N–H and O–H groups in total. The minimum atomic E-state index is -0.722. The van der Waals surface area contributed by atoms with Crippen LogP contribution in [0.2, 0.25) is 0 Å². The average Bonchev–Trinajstić information content (AvgIpc) is 2.23. The molecule has 2 rings (SSSR count). The van der Waals surface area contributed by atoms with Gasteiger partial charge in [-0.1, -0.05) is 16.6 Å². The number of nitrogens with zero attached hydrogens (tertiary/aromatic N) is 1. The second-order valence-corrected chi connectivity index (χ2v) is 2.85. The monoisotopic (exact) mass is 193 g/mol. The van der Waals surface area contributed by atoms with Gasteiger partial charge in [0.05, 0.1) is 12.6 Å². The van der Waals surface area contributed by atoms with Crippen molar-refractivity contribution < 1.29 is 9.22 Å². The topological polar surface area (TPSA) is 31.2 Å². The predicted octanol–water partition coefficient (Wildman–Crippen LogP) is 1.74. The molecule has 0 radical (unpaired) electrons. The van der Waals surface area contributed by atoms with E-state index in [1.165, 1.54) is 13.2 Å². The molecule has 1 heterocycles. The Labute approximate surface area is 79.3 Å². The molecule has 4 heteroatoms. The Kier molecular flexibility index (Phi) is 1.96. The van der Waals surface area contributed by atoms with Crippen molar-refractivity contribution in [2.75, 3.05) is 7.11 Å². The summed E-state index contributed by atoms with van der Waals surface area (Å²) in [5.74, 6) is 0.388. The molecule has 2 aromatic rings. The van der Waals surface area contributed by atoms with E-state index in [0.717, 1.165) is 6.07 Å². The summed E-state index contributed by atoms with van der Waals surface area (Å²) in [4.78, 5) is 11.2. The van der Waals surface area contributed by atoms with Crippen LogP contribution in [-0.4, -0.2) is 11.9 Å². The molecular formula is C10H8FNO2. The SMILES string of the molecule is COc1cc(=O)n(F)c2ccccc12. The van der Waals surface area contributed by atoms with Gasteiger partial charge in [-0.3, -0.25) is 4.79 Å². The van der Waals surface area contributed by atoms with Gasteiger partial charge in [-0.15, -0.1) is 4.79 Å². The molecular weight excluding hydrogens is 185 g/mol. The Morgan fingerprint density at radius 3 is 2.79 bits per heavy atom. The van der Waals surface area contributed by atoms with E-state index in [1.54, 1.807) is 18.2 Å². The Hall–Kier alpha value is -1.84. The Morgan fingerprint density at radius 2 is 2.07 bits per heavy atom. The number of hydrogen-bond acceptors (Lipinski definition) is 2. The lowest BCUT2D eigenvalue weighted by Crippen LogP contribution is -2.13. The van der Waals surface area contributed by atoms with Crippen molar-refractivity contribution in [1.29, 1.82) is 0 Å². The Bertz CT molecular complexity index is 533.